The number of benzene rings is 1. The molecule has 0 fully saturated rings. The molecule has 0 radical (unpaired) electrons. The SMILES string of the molecule is CCC(C)(C)C(C)n1nc(C(=O)N[C@H](CC(=O)NCC(=O)OC)CC(C)C)cc1-c1c(OC)cccc1OC. The van der Waals surface area contributed by atoms with Crippen molar-refractivity contribution in [2.75, 3.05) is 27.9 Å². The topological polar surface area (TPSA) is 121 Å². The van der Waals surface area contributed by atoms with Gasteiger partial charge in [-0.05, 0) is 49.3 Å². The van der Waals surface area contributed by atoms with Crippen molar-refractivity contribution in [3.63, 3.8) is 0 Å². The molecule has 0 saturated carbocycles. The maximum Gasteiger partial charge on any atom is 0.325 e. The van der Waals surface area contributed by atoms with Crippen LogP contribution < -0.4 is 20.1 Å². The first-order valence-electron chi connectivity index (χ1n) is 13.3. The van der Waals surface area contributed by atoms with E-state index in [2.05, 4.69) is 43.1 Å². The molecule has 1 aromatic heterocycles. The first kappa shape index (κ1) is 31.7. The summed E-state index contributed by atoms with van der Waals surface area (Å²) in [7, 11) is 4.44. The zero-order valence-electron chi connectivity index (χ0n) is 24.7. The molecular weight excluding hydrogens is 500 g/mol. The summed E-state index contributed by atoms with van der Waals surface area (Å²) in [5.74, 6) is 0.140. The standard InChI is InChI=1S/C29H44N4O6/c1-10-29(5,6)19(4)33-22(27-23(37-7)12-11-13-24(27)38-8)16-21(32-33)28(36)31-20(14-18(2)3)15-25(34)30-17-26(35)39-9/h11-13,16,18-20H,10,14-15,17H2,1-9H3,(H,30,34)(H,31,36)/t19?,20-/m0/s1. The van der Waals surface area contributed by atoms with Gasteiger partial charge in [-0.15, -0.1) is 0 Å². The van der Waals surface area contributed by atoms with Gasteiger partial charge in [0.05, 0.1) is 38.6 Å². The lowest BCUT2D eigenvalue weighted by molar-refractivity contribution is -0.141. The maximum atomic E-state index is 13.5. The number of nitrogens with one attached hydrogen (secondary N) is 2. The van der Waals surface area contributed by atoms with E-state index in [1.807, 2.05) is 36.7 Å². The minimum absolute atomic E-state index is 0.0219. The van der Waals surface area contributed by atoms with Gasteiger partial charge < -0.3 is 24.8 Å². The molecule has 10 nitrogen and oxygen atoms in total. The minimum atomic E-state index is -0.540. The maximum absolute atomic E-state index is 13.5. The van der Waals surface area contributed by atoms with Crippen LogP contribution in [-0.4, -0.2) is 61.5 Å². The smallest absolute Gasteiger partial charge is 0.325 e. The third-order valence-electron chi connectivity index (χ3n) is 7.24. The first-order valence-corrected chi connectivity index (χ1v) is 13.3. The van der Waals surface area contributed by atoms with E-state index in [4.69, 9.17) is 14.6 Å². The van der Waals surface area contributed by atoms with E-state index in [0.29, 0.717) is 29.2 Å². The van der Waals surface area contributed by atoms with Gasteiger partial charge in [-0.1, -0.05) is 40.7 Å². The second-order valence-electron chi connectivity index (χ2n) is 10.8. The van der Waals surface area contributed by atoms with Gasteiger partial charge in [0.25, 0.3) is 5.91 Å². The van der Waals surface area contributed by atoms with Crippen molar-refractivity contribution in [2.45, 2.75) is 72.9 Å². The summed E-state index contributed by atoms with van der Waals surface area (Å²) in [6.45, 7) is 12.3. The second kappa shape index (κ2) is 14.0. The molecule has 2 rings (SSSR count). The normalized spacial score (nSPS) is 13.0. The van der Waals surface area contributed by atoms with E-state index in [0.717, 1.165) is 6.42 Å². The number of ether oxygens (including phenoxy) is 3. The molecule has 2 N–H and O–H groups in total. The van der Waals surface area contributed by atoms with Crippen LogP contribution in [0.15, 0.2) is 24.3 Å². The Hall–Kier alpha value is -3.56. The van der Waals surface area contributed by atoms with Crippen molar-refractivity contribution in [1.29, 1.82) is 0 Å². The predicted octanol–water partition coefficient (Wildman–Crippen LogP) is 4.39. The van der Waals surface area contributed by atoms with E-state index in [-0.39, 0.29) is 41.9 Å². The van der Waals surface area contributed by atoms with Crippen LogP contribution in [0.1, 0.15) is 77.3 Å². The van der Waals surface area contributed by atoms with Gasteiger partial charge in [0.1, 0.15) is 18.0 Å². The molecule has 0 aliphatic rings. The van der Waals surface area contributed by atoms with Crippen LogP contribution in [0.25, 0.3) is 11.3 Å². The summed E-state index contributed by atoms with van der Waals surface area (Å²) in [6, 6.07) is 6.75. The minimum Gasteiger partial charge on any atom is -0.496 e. The number of carbonyl (C=O) groups excluding carboxylic acids is 3. The van der Waals surface area contributed by atoms with E-state index in [9.17, 15) is 14.4 Å². The van der Waals surface area contributed by atoms with Crippen LogP contribution in [0.2, 0.25) is 0 Å². The predicted molar refractivity (Wildman–Crippen MR) is 150 cm³/mol. The third-order valence-corrected chi connectivity index (χ3v) is 7.24. The van der Waals surface area contributed by atoms with Crippen LogP contribution in [0.5, 0.6) is 11.5 Å². The molecule has 2 amide bonds. The third kappa shape index (κ3) is 8.21. The summed E-state index contributed by atoms with van der Waals surface area (Å²) in [6.07, 6.45) is 1.49. The monoisotopic (exact) mass is 544 g/mol. The van der Waals surface area contributed by atoms with Gasteiger partial charge in [0.2, 0.25) is 5.91 Å². The zero-order valence-corrected chi connectivity index (χ0v) is 24.7. The molecule has 0 bridgehead atoms. The van der Waals surface area contributed by atoms with Crippen molar-refractivity contribution in [3.8, 4) is 22.8 Å². The number of amides is 2. The number of esters is 1. The molecule has 2 aromatic rings. The lowest BCUT2D eigenvalue weighted by Crippen LogP contribution is -2.41. The zero-order chi connectivity index (χ0) is 29.3. The van der Waals surface area contributed by atoms with E-state index in [1.54, 1.807) is 20.3 Å². The highest BCUT2D eigenvalue weighted by Crippen LogP contribution is 2.42. The highest BCUT2D eigenvalue weighted by Gasteiger charge is 2.31. The Balaban J connectivity index is 2.48. The van der Waals surface area contributed by atoms with Crippen molar-refractivity contribution >= 4 is 17.8 Å². The molecule has 10 heteroatoms. The molecule has 0 aliphatic carbocycles. The quantitative estimate of drug-likeness (QED) is 0.339. The summed E-state index contributed by atoms with van der Waals surface area (Å²) in [5.41, 5.74) is 1.50. The van der Waals surface area contributed by atoms with Gasteiger partial charge in [0, 0.05) is 12.5 Å². The molecule has 1 heterocycles. The Morgan fingerprint density at radius 2 is 1.67 bits per heavy atom. The molecule has 39 heavy (non-hydrogen) atoms. The van der Waals surface area contributed by atoms with Gasteiger partial charge in [-0.3, -0.25) is 19.1 Å². The summed E-state index contributed by atoms with van der Waals surface area (Å²) in [4.78, 5) is 37.4. The van der Waals surface area contributed by atoms with Crippen LogP contribution in [0.4, 0.5) is 0 Å². The van der Waals surface area contributed by atoms with Crippen LogP contribution in [0, 0.1) is 11.3 Å². The highest BCUT2D eigenvalue weighted by atomic mass is 16.5. The molecule has 1 aromatic carbocycles. The lowest BCUT2D eigenvalue weighted by Gasteiger charge is -2.32. The molecule has 2 atom stereocenters. The molecular formula is C29H44N4O6. The molecule has 0 spiro atoms. The Labute approximate surface area is 231 Å². The largest absolute Gasteiger partial charge is 0.496 e. The Morgan fingerprint density at radius 3 is 2.18 bits per heavy atom. The number of nitrogens with zero attached hydrogens (tertiary/aromatic N) is 2. The van der Waals surface area contributed by atoms with Crippen LogP contribution in [0.3, 0.4) is 0 Å². The van der Waals surface area contributed by atoms with E-state index in [1.165, 1.54) is 7.11 Å². The van der Waals surface area contributed by atoms with Crippen molar-refractivity contribution in [2.24, 2.45) is 11.3 Å². The van der Waals surface area contributed by atoms with Gasteiger partial charge in [0.15, 0.2) is 5.69 Å². The number of hydrogen-bond donors (Lipinski definition) is 2. The molecule has 1 unspecified atom stereocenters. The fraction of sp³-hybridized carbons (Fsp3) is 0.586. The summed E-state index contributed by atoms with van der Waals surface area (Å²) >= 11 is 0. The van der Waals surface area contributed by atoms with Gasteiger partial charge in [-0.25, -0.2) is 0 Å². The summed E-state index contributed by atoms with van der Waals surface area (Å²) < 4.78 is 17.8. The fourth-order valence-corrected chi connectivity index (χ4v) is 4.28. The van der Waals surface area contributed by atoms with E-state index >= 15 is 0 Å². The second-order valence-corrected chi connectivity index (χ2v) is 10.8. The van der Waals surface area contributed by atoms with Crippen molar-refractivity contribution in [3.05, 3.63) is 30.0 Å². The van der Waals surface area contributed by atoms with Gasteiger partial charge in [-0.2, -0.15) is 5.10 Å². The molecule has 0 aliphatic heterocycles. The van der Waals surface area contributed by atoms with E-state index < -0.39 is 17.9 Å². The average molecular weight is 545 g/mol. The molecule has 216 valence electrons. The van der Waals surface area contributed by atoms with Crippen LogP contribution in [-0.2, 0) is 14.3 Å². The van der Waals surface area contributed by atoms with Gasteiger partial charge >= 0.3 is 5.97 Å². The number of carbonyl (C=O) groups is 3. The fourth-order valence-electron chi connectivity index (χ4n) is 4.28. The Bertz CT molecular complexity index is 1120. The van der Waals surface area contributed by atoms with Crippen molar-refractivity contribution in [1.82, 2.24) is 20.4 Å². The number of methoxy groups -OCH3 is 3. The Morgan fingerprint density at radius 1 is 1.05 bits per heavy atom. The number of aromatic nitrogens is 2. The number of rotatable bonds is 14. The van der Waals surface area contributed by atoms with Crippen LogP contribution >= 0.6 is 0 Å². The highest BCUT2D eigenvalue weighted by molar-refractivity contribution is 5.94. The van der Waals surface area contributed by atoms with Crippen molar-refractivity contribution < 1.29 is 28.6 Å². The average Bonchev–Trinajstić information content (AvgIpc) is 3.35. The number of hydrogen-bond acceptors (Lipinski definition) is 7. The lowest BCUT2D eigenvalue weighted by atomic mass is 9.83. The first-order chi connectivity index (χ1) is 18.4. The molecule has 0 saturated heterocycles. The summed E-state index contributed by atoms with van der Waals surface area (Å²) in [5, 5.41) is 10.3. The Kier molecular flexibility index (Phi) is 11.4.